The van der Waals surface area contributed by atoms with Gasteiger partial charge in [-0.15, -0.1) is 0 Å². The predicted molar refractivity (Wildman–Crippen MR) is 129 cm³/mol. The van der Waals surface area contributed by atoms with Crippen LogP contribution in [0.4, 0.5) is 5.69 Å². The maximum Gasteiger partial charge on any atom is 0.345 e. The van der Waals surface area contributed by atoms with E-state index in [-0.39, 0.29) is 28.4 Å². The molecule has 4 heterocycles. The maximum absolute atomic E-state index is 14.6. The number of rotatable bonds is 1. The molecule has 0 radical (unpaired) electrons. The minimum absolute atomic E-state index is 0.0646. The monoisotopic (exact) mass is 467 g/mol. The summed E-state index contributed by atoms with van der Waals surface area (Å²) in [5.41, 5.74) is 5.77. The van der Waals surface area contributed by atoms with E-state index in [2.05, 4.69) is 6.07 Å². The van der Waals surface area contributed by atoms with E-state index in [1.807, 2.05) is 32.9 Å². The maximum atomic E-state index is 14.6. The third-order valence-corrected chi connectivity index (χ3v) is 7.13. The molecule has 35 heavy (non-hydrogen) atoms. The highest BCUT2D eigenvalue weighted by Gasteiger charge is 2.64. The number of allylic oxidation sites excluding steroid dienone is 1. The Kier molecular flexibility index (Phi) is 3.93. The summed E-state index contributed by atoms with van der Waals surface area (Å²) >= 11 is 0. The first-order chi connectivity index (χ1) is 16.7. The van der Waals surface area contributed by atoms with E-state index in [1.54, 1.807) is 35.2 Å². The Morgan fingerprint density at radius 1 is 1.17 bits per heavy atom. The van der Waals surface area contributed by atoms with E-state index >= 15 is 0 Å². The second-order valence-corrected chi connectivity index (χ2v) is 9.49. The zero-order chi connectivity index (χ0) is 24.9. The molecule has 3 aliphatic rings. The highest BCUT2D eigenvalue weighted by molar-refractivity contribution is 6.18. The number of para-hydroxylation sites is 1. The molecule has 1 unspecified atom stereocenters. The van der Waals surface area contributed by atoms with E-state index in [1.165, 1.54) is 7.11 Å². The summed E-state index contributed by atoms with van der Waals surface area (Å²) < 4.78 is 17.1. The highest BCUT2D eigenvalue weighted by atomic mass is 16.5. The second kappa shape index (κ2) is 6.54. The Labute approximate surface area is 200 Å². The Morgan fingerprint density at radius 2 is 1.91 bits per heavy atom. The number of nitriles is 1. The van der Waals surface area contributed by atoms with Gasteiger partial charge in [0.2, 0.25) is 11.8 Å². The summed E-state index contributed by atoms with van der Waals surface area (Å²) in [6.45, 7) is 5.78. The van der Waals surface area contributed by atoms with Crippen LogP contribution < -0.4 is 25.7 Å². The number of carbonyl (C=O) groups is 1. The summed E-state index contributed by atoms with van der Waals surface area (Å²) in [5, 5.41) is 10.8. The van der Waals surface area contributed by atoms with Crippen molar-refractivity contribution in [1.82, 2.24) is 0 Å². The summed E-state index contributed by atoms with van der Waals surface area (Å²) in [5.74, 6) is -0.111. The van der Waals surface area contributed by atoms with Crippen LogP contribution >= 0.6 is 0 Å². The van der Waals surface area contributed by atoms with Crippen molar-refractivity contribution in [2.75, 3.05) is 12.0 Å². The van der Waals surface area contributed by atoms with Crippen molar-refractivity contribution in [1.29, 1.82) is 5.26 Å². The third-order valence-electron chi connectivity index (χ3n) is 7.13. The normalized spacial score (nSPS) is 21.4. The largest absolute Gasteiger partial charge is 0.497 e. The fourth-order valence-corrected chi connectivity index (χ4v) is 5.80. The van der Waals surface area contributed by atoms with Gasteiger partial charge in [-0.2, -0.15) is 5.26 Å². The van der Waals surface area contributed by atoms with Crippen LogP contribution in [0.2, 0.25) is 0 Å². The summed E-state index contributed by atoms with van der Waals surface area (Å²) in [6, 6.07) is 12.5. The van der Waals surface area contributed by atoms with Gasteiger partial charge in [0.05, 0.1) is 23.7 Å². The van der Waals surface area contributed by atoms with Crippen LogP contribution in [-0.2, 0) is 10.2 Å². The van der Waals surface area contributed by atoms with Gasteiger partial charge in [0, 0.05) is 11.1 Å². The number of hydrogen-bond donors (Lipinski definition) is 1. The molecule has 1 spiro atoms. The SMILES string of the molecule is COc1cc2c3c(c1)C1(C(=O)N3C(C)(C)C=C2C)C(C#N)=C(N)Oc2c1c(=O)oc1ccccc21. The number of nitrogens with two attached hydrogens (primary N) is 1. The van der Waals surface area contributed by atoms with E-state index in [0.29, 0.717) is 22.4 Å². The molecule has 0 bridgehead atoms. The molecule has 1 amide bonds. The zero-order valence-corrected chi connectivity index (χ0v) is 19.6. The first-order valence-corrected chi connectivity index (χ1v) is 11.1. The van der Waals surface area contributed by atoms with E-state index in [0.717, 1.165) is 11.1 Å². The number of benzene rings is 2. The first kappa shape index (κ1) is 21.1. The molecular weight excluding hydrogens is 446 g/mol. The Hall–Kier alpha value is -4.51. The van der Waals surface area contributed by atoms with Crippen molar-refractivity contribution >= 4 is 28.1 Å². The topological polar surface area (TPSA) is 119 Å². The van der Waals surface area contributed by atoms with Gasteiger partial charge in [-0.1, -0.05) is 18.2 Å². The smallest absolute Gasteiger partial charge is 0.345 e. The number of fused-ring (bicyclic) bond motifs is 5. The molecule has 3 aliphatic heterocycles. The first-order valence-electron chi connectivity index (χ1n) is 11.1. The number of hydrogen-bond acceptors (Lipinski definition) is 7. The van der Waals surface area contributed by atoms with Crippen LogP contribution in [0.5, 0.6) is 11.5 Å². The van der Waals surface area contributed by atoms with Gasteiger partial charge in [-0.25, -0.2) is 4.79 Å². The zero-order valence-electron chi connectivity index (χ0n) is 19.6. The second-order valence-electron chi connectivity index (χ2n) is 9.49. The van der Waals surface area contributed by atoms with Crippen LogP contribution in [0.25, 0.3) is 16.5 Å². The van der Waals surface area contributed by atoms with E-state index in [4.69, 9.17) is 19.6 Å². The van der Waals surface area contributed by atoms with Crippen molar-refractivity contribution in [3.63, 3.8) is 0 Å². The summed E-state index contributed by atoms with van der Waals surface area (Å²) in [7, 11) is 1.52. The fourth-order valence-electron chi connectivity index (χ4n) is 5.80. The molecular formula is C27H21N3O5. The fraction of sp³-hybridized carbons (Fsp3) is 0.222. The number of nitrogens with zero attached hydrogens (tertiary/aromatic N) is 2. The molecule has 0 saturated heterocycles. The lowest BCUT2D eigenvalue weighted by atomic mass is 9.68. The lowest BCUT2D eigenvalue weighted by Gasteiger charge is -2.40. The Bertz CT molecular complexity index is 1670. The van der Waals surface area contributed by atoms with Gasteiger partial charge in [0.15, 0.2) is 11.2 Å². The molecule has 1 aromatic heterocycles. The lowest BCUT2D eigenvalue weighted by Crippen LogP contribution is -2.54. The molecule has 6 rings (SSSR count). The Morgan fingerprint density at radius 3 is 2.63 bits per heavy atom. The van der Waals surface area contributed by atoms with Crippen molar-refractivity contribution in [3.05, 3.63) is 81.0 Å². The quantitative estimate of drug-likeness (QED) is 0.542. The van der Waals surface area contributed by atoms with Crippen LogP contribution in [0, 0.1) is 11.3 Å². The van der Waals surface area contributed by atoms with Crippen LogP contribution in [-0.4, -0.2) is 18.6 Å². The molecule has 8 heteroatoms. The van der Waals surface area contributed by atoms with Crippen LogP contribution in [0.1, 0.15) is 37.5 Å². The van der Waals surface area contributed by atoms with E-state index in [9.17, 15) is 14.9 Å². The number of ether oxygens (including phenoxy) is 2. The minimum Gasteiger partial charge on any atom is -0.497 e. The standard InChI is InChI=1S/C27H21N3O5/c1-13-11-26(2,3)30-21-16(13)9-14(33-4)10-17(21)27(25(30)32)18(12-28)23(29)35-22-15-7-5-6-8-19(15)34-24(31)20(22)27/h5-11H,29H2,1-4H3. The molecule has 0 aliphatic carbocycles. The highest BCUT2D eigenvalue weighted by Crippen LogP contribution is 2.60. The molecule has 8 nitrogen and oxygen atoms in total. The number of methoxy groups -OCH3 is 1. The van der Waals surface area contributed by atoms with Gasteiger partial charge in [0.1, 0.15) is 28.5 Å². The molecule has 1 atom stereocenters. The molecule has 174 valence electrons. The summed E-state index contributed by atoms with van der Waals surface area (Å²) in [4.78, 5) is 29.9. The predicted octanol–water partition coefficient (Wildman–Crippen LogP) is 3.72. The van der Waals surface area contributed by atoms with Crippen LogP contribution in [0.15, 0.2) is 63.1 Å². The van der Waals surface area contributed by atoms with Gasteiger partial charge in [0.25, 0.3) is 0 Å². The van der Waals surface area contributed by atoms with E-state index < -0.39 is 22.5 Å². The molecule has 2 aromatic carbocycles. The van der Waals surface area contributed by atoms with Gasteiger partial charge in [-0.05, 0) is 50.6 Å². The summed E-state index contributed by atoms with van der Waals surface area (Å²) in [6.07, 6.45) is 1.98. The average molecular weight is 467 g/mol. The molecule has 0 fully saturated rings. The Balaban J connectivity index is 1.87. The van der Waals surface area contributed by atoms with Gasteiger partial charge in [-0.3, -0.25) is 4.79 Å². The number of carbonyl (C=O) groups excluding carboxylic acids is 1. The van der Waals surface area contributed by atoms with Gasteiger partial charge >= 0.3 is 5.63 Å². The minimum atomic E-state index is -1.86. The number of anilines is 1. The van der Waals surface area contributed by atoms with Crippen LogP contribution in [0.3, 0.4) is 0 Å². The average Bonchev–Trinajstić information content (AvgIpc) is 3.07. The number of amides is 1. The third kappa shape index (κ3) is 2.34. The molecule has 3 aromatic rings. The van der Waals surface area contributed by atoms with Gasteiger partial charge < -0.3 is 24.5 Å². The van der Waals surface area contributed by atoms with Crippen molar-refractivity contribution in [2.24, 2.45) is 5.73 Å². The molecule has 2 N–H and O–H groups in total. The van der Waals surface area contributed by atoms with Crippen molar-refractivity contribution in [3.8, 4) is 17.6 Å². The van der Waals surface area contributed by atoms with Crippen molar-refractivity contribution < 1.29 is 18.7 Å². The molecule has 0 saturated carbocycles. The lowest BCUT2D eigenvalue weighted by molar-refractivity contribution is -0.121. The van der Waals surface area contributed by atoms with Crippen molar-refractivity contribution in [2.45, 2.75) is 31.7 Å².